The van der Waals surface area contributed by atoms with Crippen LogP contribution in [-0.4, -0.2) is 28.8 Å². The molecule has 136 valence electrons. The average Bonchev–Trinajstić information content (AvgIpc) is 2.87. The topological polar surface area (TPSA) is 68.2 Å². The number of carbonyl (C=O) groups is 1. The molecule has 25 heavy (non-hydrogen) atoms. The lowest BCUT2D eigenvalue weighted by Gasteiger charge is -2.12. The van der Waals surface area contributed by atoms with Crippen LogP contribution >= 0.6 is 0 Å². The van der Waals surface area contributed by atoms with Crippen molar-refractivity contribution in [2.75, 3.05) is 7.11 Å². The smallest absolute Gasteiger partial charge is 0.251 e. The normalized spacial score (nSPS) is 12.0. The summed E-state index contributed by atoms with van der Waals surface area (Å²) in [6, 6.07) is 7.88. The van der Waals surface area contributed by atoms with Gasteiger partial charge < -0.3 is 15.4 Å². The van der Waals surface area contributed by atoms with Crippen molar-refractivity contribution < 1.29 is 9.53 Å². The standard InChI is InChI=1S/C19H28N4O2/c1-6-13(2)21-18(24)16-9-7-8-15(10-16)11-20-12-17-14(3)22-23(4)19(17)25-5/h7-10,13,20H,6,11-12H2,1-5H3,(H,21,24)/t13-/m1/s1. The molecule has 0 fully saturated rings. The minimum absolute atomic E-state index is 0.0269. The molecule has 0 spiro atoms. The van der Waals surface area contributed by atoms with Crippen LogP contribution in [0.2, 0.25) is 0 Å². The molecule has 1 heterocycles. The second kappa shape index (κ2) is 8.67. The Morgan fingerprint density at radius 2 is 2.12 bits per heavy atom. The van der Waals surface area contributed by atoms with Gasteiger partial charge in [-0.3, -0.25) is 4.79 Å². The molecular formula is C19H28N4O2. The molecule has 0 saturated heterocycles. The van der Waals surface area contributed by atoms with Crippen molar-refractivity contribution in [3.05, 3.63) is 46.6 Å². The molecule has 6 heteroatoms. The highest BCUT2D eigenvalue weighted by molar-refractivity contribution is 5.94. The van der Waals surface area contributed by atoms with E-state index < -0.39 is 0 Å². The van der Waals surface area contributed by atoms with Crippen LogP contribution in [0.5, 0.6) is 5.88 Å². The first kappa shape index (κ1) is 19.0. The number of ether oxygens (including phenoxy) is 1. The molecule has 0 saturated carbocycles. The first-order valence-corrected chi connectivity index (χ1v) is 8.63. The molecule has 6 nitrogen and oxygen atoms in total. The Morgan fingerprint density at radius 1 is 1.36 bits per heavy atom. The Kier molecular flexibility index (Phi) is 6.58. The van der Waals surface area contributed by atoms with Crippen LogP contribution in [0.25, 0.3) is 0 Å². The predicted molar refractivity (Wildman–Crippen MR) is 98.7 cm³/mol. The highest BCUT2D eigenvalue weighted by atomic mass is 16.5. The molecule has 1 aromatic carbocycles. The molecule has 0 bridgehead atoms. The fourth-order valence-electron chi connectivity index (χ4n) is 2.70. The Hall–Kier alpha value is -2.34. The maximum atomic E-state index is 12.2. The Bertz CT molecular complexity index is 724. The van der Waals surface area contributed by atoms with Crippen LogP contribution in [0.1, 0.15) is 47.4 Å². The van der Waals surface area contributed by atoms with Crippen LogP contribution < -0.4 is 15.4 Å². The average molecular weight is 344 g/mol. The minimum atomic E-state index is -0.0269. The van der Waals surface area contributed by atoms with Gasteiger partial charge in [-0.05, 0) is 38.0 Å². The van der Waals surface area contributed by atoms with E-state index in [-0.39, 0.29) is 11.9 Å². The molecule has 0 aliphatic rings. The third-order valence-electron chi connectivity index (χ3n) is 4.29. The predicted octanol–water partition coefficient (Wildman–Crippen LogP) is 2.56. The highest BCUT2D eigenvalue weighted by Crippen LogP contribution is 2.20. The third-order valence-corrected chi connectivity index (χ3v) is 4.29. The molecular weight excluding hydrogens is 316 g/mol. The van der Waals surface area contributed by atoms with Gasteiger partial charge in [0.2, 0.25) is 5.88 Å². The number of hydrogen-bond acceptors (Lipinski definition) is 4. The Morgan fingerprint density at radius 3 is 2.80 bits per heavy atom. The van der Waals surface area contributed by atoms with E-state index >= 15 is 0 Å². The summed E-state index contributed by atoms with van der Waals surface area (Å²) in [7, 11) is 3.52. The van der Waals surface area contributed by atoms with E-state index in [4.69, 9.17) is 4.74 Å². The summed E-state index contributed by atoms with van der Waals surface area (Å²) < 4.78 is 7.15. The van der Waals surface area contributed by atoms with Crippen molar-refractivity contribution in [3.8, 4) is 5.88 Å². The van der Waals surface area contributed by atoms with Crippen molar-refractivity contribution in [1.82, 2.24) is 20.4 Å². The maximum absolute atomic E-state index is 12.2. The quantitative estimate of drug-likeness (QED) is 0.772. The maximum Gasteiger partial charge on any atom is 0.251 e. The SMILES string of the molecule is CC[C@@H](C)NC(=O)c1cccc(CNCc2c(C)nn(C)c2OC)c1. The monoisotopic (exact) mass is 344 g/mol. The summed E-state index contributed by atoms with van der Waals surface area (Å²) in [5.41, 5.74) is 3.76. The van der Waals surface area contributed by atoms with Gasteiger partial charge in [-0.1, -0.05) is 19.1 Å². The highest BCUT2D eigenvalue weighted by Gasteiger charge is 2.13. The molecule has 0 unspecified atom stereocenters. The molecule has 2 N–H and O–H groups in total. The van der Waals surface area contributed by atoms with Gasteiger partial charge in [0.1, 0.15) is 0 Å². The van der Waals surface area contributed by atoms with Crippen LogP contribution in [0.15, 0.2) is 24.3 Å². The molecule has 0 aliphatic heterocycles. The number of methoxy groups -OCH3 is 1. The fraction of sp³-hybridized carbons (Fsp3) is 0.474. The van der Waals surface area contributed by atoms with E-state index in [1.54, 1.807) is 11.8 Å². The van der Waals surface area contributed by atoms with Gasteiger partial charge in [0.25, 0.3) is 5.91 Å². The number of hydrogen-bond donors (Lipinski definition) is 2. The summed E-state index contributed by atoms with van der Waals surface area (Å²) in [6.07, 6.45) is 0.916. The first-order valence-electron chi connectivity index (χ1n) is 8.63. The van der Waals surface area contributed by atoms with Gasteiger partial charge in [0.05, 0.1) is 18.4 Å². The lowest BCUT2D eigenvalue weighted by atomic mass is 10.1. The zero-order chi connectivity index (χ0) is 18.4. The van der Waals surface area contributed by atoms with Crippen molar-refractivity contribution in [3.63, 3.8) is 0 Å². The van der Waals surface area contributed by atoms with E-state index in [9.17, 15) is 4.79 Å². The molecule has 0 radical (unpaired) electrons. The summed E-state index contributed by atoms with van der Waals surface area (Å²) in [4.78, 5) is 12.2. The summed E-state index contributed by atoms with van der Waals surface area (Å²) >= 11 is 0. The van der Waals surface area contributed by atoms with Crippen LogP contribution in [-0.2, 0) is 20.1 Å². The van der Waals surface area contributed by atoms with Crippen molar-refractivity contribution in [2.24, 2.45) is 7.05 Å². The first-order chi connectivity index (χ1) is 12.0. The molecule has 1 aromatic heterocycles. The van der Waals surface area contributed by atoms with E-state index in [1.165, 1.54) is 0 Å². The lowest BCUT2D eigenvalue weighted by molar-refractivity contribution is 0.0939. The van der Waals surface area contributed by atoms with Crippen LogP contribution in [0.3, 0.4) is 0 Å². The van der Waals surface area contributed by atoms with Crippen molar-refractivity contribution in [1.29, 1.82) is 0 Å². The van der Waals surface area contributed by atoms with Crippen molar-refractivity contribution >= 4 is 5.91 Å². The number of aryl methyl sites for hydroxylation is 2. The van der Waals surface area contributed by atoms with Gasteiger partial charge in [-0.15, -0.1) is 0 Å². The number of carbonyl (C=O) groups excluding carboxylic acids is 1. The van der Waals surface area contributed by atoms with Gasteiger partial charge >= 0.3 is 0 Å². The van der Waals surface area contributed by atoms with Crippen molar-refractivity contribution in [2.45, 2.75) is 46.3 Å². The van der Waals surface area contributed by atoms with Gasteiger partial charge in [-0.25, -0.2) is 4.68 Å². The molecule has 2 aromatic rings. The number of benzene rings is 1. The number of nitrogens with zero attached hydrogens (tertiary/aromatic N) is 2. The molecule has 1 atom stereocenters. The number of aromatic nitrogens is 2. The largest absolute Gasteiger partial charge is 0.481 e. The van der Waals surface area contributed by atoms with Crippen LogP contribution in [0, 0.1) is 6.92 Å². The van der Waals surface area contributed by atoms with E-state index in [2.05, 4.69) is 22.7 Å². The van der Waals surface area contributed by atoms with Gasteiger partial charge in [0.15, 0.2) is 0 Å². The molecule has 0 aliphatic carbocycles. The second-order valence-electron chi connectivity index (χ2n) is 6.28. The number of nitrogens with one attached hydrogen (secondary N) is 2. The second-order valence-corrected chi connectivity index (χ2v) is 6.28. The zero-order valence-corrected chi connectivity index (χ0v) is 15.7. The molecule has 2 rings (SSSR count). The van der Waals surface area contributed by atoms with Gasteiger partial charge in [-0.2, -0.15) is 5.10 Å². The van der Waals surface area contributed by atoms with Crippen LogP contribution in [0.4, 0.5) is 0 Å². The zero-order valence-electron chi connectivity index (χ0n) is 15.7. The Balaban J connectivity index is 1.98. The number of rotatable bonds is 8. The molecule has 1 amide bonds. The van der Waals surface area contributed by atoms with E-state index in [0.717, 1.165) is 29.1 Å². The van der Waals surface area contributed by atoms with E-state index in [1.807, 2.05) is 45.2 Å². The Labute approximate surface area is 149 Å². The van der Waals surface area contributed by atoms with Gasteiger partial charge in [0, 0.05) is 31.7 Å². The third kappa shape index (κ3) is 4.82. The summed E-state index contributed by atoms with van der Waals surface area (Å²) in [6.45, 7) is 7.36. The minimum Gasteiger partial charge on any atom is -0.481 e. The summed E-state index contributed by atoms with van der Waals surface area (Å²) in [5.74, 6) is 0.743. The summed E-state index contributed by atoms with van der Waals surface area (Å²) in [5, 5.41) is 10.8. The fourth-order valence-corrected chi connectivity index (χ4v) is 2.70. The lowest BCUT2D eigenvalue weighted by Crippen LogP contribution is -2.32. The van der Waals surface area contributed by atoms with E-state index in [0.29, 0.717) is 18.7 Å². The number of amides is 1.